The van der Waals surface area contributed by atoms with E-state index in [2.05, 4.69) is 16.0 Å². The number of aliphatic hydroxyl groups is 1. The van der Waals surface area contributed by atoms with Crippen LogP contribution >= 0.6 is 0 Å². The van der Waals surface area contributed by atoms with E-state index in [0.717, 1.165) is 0 Å². The van der Waals surface area contributed by atoms with Gasteiger partial charge >= 0.3 is 6.03 Å². The lowest BCUT2D eigenvalue weighted by molar-refractivity contribution is -0.120. The monoisotopic (exact) mass is 186 g/mol. The number of carbonyl (C=O) groups excluding carboxylic acids is 2. The van der Waals surface area contributed by atoms with Gasteiger partial charge in [-0.15, -0.1) is 0 Å². The molecular weight excluding hydrogens is 176 g/mol. The van der Waals surface area contributed by atoms with Crippen LogP contribution in [0.25, 0.3) is 0 Å². The number of fused-ring (bicyclic) bond motifs is 1. The molecule has 0 aromatic rings. The van der Waals surface area contributed by atoms with Gasteiger partial charge in [0.25, 0.3) is 0 Å². The predicted molar refractivity (Wildman–Crippen MR) is 41.1 cm³/mol. The third kappa shape index (κ3) is 1.12. The van der Waals surface area contributed by atoms with E-state index in [1.165, 1.54) is 0 Å². The molecule has 0 aromatic carbocycles. The molecule has 0 aromatic heterocycles. The number of urea groups is 1. The second-order valence-electron chi connectivity index (χ2n) is 3.28. The van der Waals surface area contributed by atoms with E-state index in [9.17, 15) is 14.7 Å². The fourth-order valence-electron chi connectivity index (χ4n) is 1.66. The van der Waals surface area contributed by atoms with Gasteiger partial charge in [0.1, 0.15) is 6.17 Å². The van der Waals surface area contributed by atoms with Crippen molar-refractivity contribution in [3.63, 3.8) is 0 Å². The maximum absolute atomic E-state index is 10.8. The van der Waals surface area contributed by atoms with Crippen LogP contribution in [0.15, 0.2) is 0 Å². The second kappa shape index (κ2) is 2.33. The topological polar surface area (TPSA) is 116 Å². The number of rotatable bonds is 1. The van der Waals surface area contributed by atoms with Crippen molar-refractivity contribution in [3.8, 4) is 0 Å². The molecule has 0 bridgehead atoms. The van der Waals surface area contributed by atoms with Crippen molar-refractivity contribution in [3.05, 3.63) is 0 Å². The Labute approximate surface area is 73.7 Å². The third-order valence-electron chi connectivity index (χ3n) is 2.31. The van der Waals surface area contributed by atoms with Gasteiger partial charge in [0.2, 0.25) is 5.91 Å². The van der Waals surface area contributed by atoms with Crippen LogP contribution in [0, 0.1) is 0 Å². The highest BCUT2D eigenvalue weighted by atomic mass is 16.3. The average molecular weight is 186 g/mol. The molecule has 2 rings (SSSR count). The molecule has 0 aliphatic carbocycles. The van der Waals surface area contributed by atoms with Crippen molar-refractivity contribution in [1.29, 1.82) is 0 Å². The second-order valence-corrected chi connectivity index (χ2v) is 3.28. The van der Waals surface area contributed by atoms with Crippen molar-refractivity contribution < 1.29 is 14.7 Å². The van der Waals surface area contributed by atoms with Gasteiger partial charge in [0, 0.05) is 6.42 Å². The normalized spacial score (nSPS) is 42.4. The summed E-state index contributed by atoms with van der Waals surface area (Å²) < 4.78 is 0. The Balaban J connectivity index is 2.14. The molecule has 3 amide bonds. The summed E-state index contributed by atoms with van der Waals surface area (Å²) in [6.45, 7) is 0. The Kier molecular flexibility index (Phi) is 1.48. The van der Waals surface area contributed by atoms with E-state index in [4.69, 9.17) is 5.73 Å². The first-order chi connectivity index (χ1) is 6.01. The molecule has 2 fully saturated rings. The molecule has 2 heterocycles. The van der Waals surface area contributed by atoms with E-state index in [-0.39, 0.29) is 6.42 Å². The standard InChI is InChI=1S/C6H10N4O3/c7-3(11)2-1-6(13)4(8-2)9-5(12)10-6/h2,4,8,13H,1H2,(H2,7,11)(H2,9,10,12). The van der Waals surface area contributed by atoms with Crippen LogP contribution in [-0.4, -0.2) is 35.0 Å². The molecule has 2 aliphatic heterocycles. The summed E-state index contributed by atoms with van der Waals surface area (Å²) in [5.74, 6) is -0.543. The van der Waals surface area contributed by atoms with Gasteiger partial charge in [-0.1, -0.05) is 0 Å². The Morgan fingerprint density at radius 3 is 2.92 bits per heavy atom. The van der Waals surface area contributed by atoms with Crippen LogP contribution in [0.2, 0.25) is 0 Å². The maximum atomic E-state index is 10.8. The summed E-state index contributed by atoms with van der Waals surface area (Å²) in [5, 5.41) is 17.2. The van der Waals surface area contributed by atoms with Crippen molar-refractivity contribution in [2.24, 2.45) is 5.73 Å². The van der Waals surface area contributed by atoms with Crippen LogP contribution in [0.4, 0.5) is 4.79 Å². The smallest absolute Gasteiger partial charge is 0.318 e. The van der Waals surface area contributed by atoms with E-state index < -0.39 is 29.9 Å². The molecule has 0 radical (unpaired) electrons. The van der Waals surface area contributed by atoms with Crippen molar-refractivity contribution in [1.82, 2.24) is 16.0 Å². The fraction of sp³-hybridized carbons (Fsp3) is 0.667. The number of amides is 3. The maximum Gasteiger partial charge on any atom is 0.318 e. The van der Waals surface area contributed by atoms with E-state index >= 15 is 0 Å². The van der Waals surface area contributed by atoms with Crippen LogP contribution in [0.5, 0.6) is 0 Å². The van der Waals surface area contributed by atoms with Gasteiger partial charge in [0.05, 0.1) is 6.04 Å². The lowest BCUT2D eigenvalue weighted by Crippen LogP contribution is -2.49. The molecule has 7 heteroatoms. The van der Waals surface area contributed by atoms with Gasteiger partial charge in [0.15, 0.2) is 5.72 Å². The first-order valence-electron chi connectivity index (χ1n) is 3.88. The van der Waals surface area contributed by atoms with Gasteiger partial charge in [-0.05, 0) is 0 Å². The zero-order valence-electron chi connectivity index (χ0n) is 6.70. The summed E-state index contributed by atoms with van der Waals surface area (Å²) in [6.07, 6.45) is -0.552. The first kappa shape index (κ1) is 8.27. The molecule has 13 heavy (non-hydrogen) atoms. The number of carbonyl (C=O) groups is 2. The van der Waals surface area contributed by atoms with E-state index in [1.54, 1.807) is 0 Å². The van der Waals surface area contributed by atoms with Crippen LogP contribution in [-0.2, 0) is 4.79 Å². The minimum atomic E-state index is -1.39. The van der Waals surface area contributed by atoms with Gasteiger partial charge in [-0.3, -0.25) is 10.1 Å². The minimum absolute atomic E-state index is 0.0890. The van der Waals surface area contributed by atoms with Crippen LogP contribution < -0.4 is 21.7 Å². The lowest BCUT2D eigenvalue weighted by atomic mass is 10.1. The van der Waals surface area contributed by atoms with Crippen molar-refractivity contribution in [2.45, 2.75) is 24.4 Å². The number of hydrogen-bond donors (Lipinski definition) is 5. The Morgan fingerprint density at radius 2 is 2.38 bits per heavy atom. The van der Waals surface area contributed by atoms with Crippen LogP contribution in [0.1, 0.15) is 6.42 Å². The molecule has 7 nitrogen and oxygen atoms in total. The zero-order valence-corrected chi connectivity index (χ0v) is 6.70. The van der Waals surface area contributed by atoms with E-state index in [1.807, 2.05) is 0 Å². The molecule has 72 valence electrons. The molecular formula is C6H10N4O3. The molecule has 2 saturated heterocycles. The minimum Gasteiger partial charge on any atom is -0.368 e. The highest BCUT2D eigenvalue weighted by Gasteiger charge is 2.53. The quantitative estimate of drug-likeness (QED) is 0.303. The predicted octanol–water partition coefficient (Wildman–Crippen LogP) is -2.84. The number of hydrogen-bond acceptors (Lipinski definition) is 4. The summed E-state index contributed by atoms with van der Waals surface area (Å²) in [5.41, 5.74) is 3.65. The molecule has 0 saturated carbocycles. The van der Waals surface area contributed by atoms with Crippen LogP contribution in [0.3, 0.4) is 0 Å². The SMILES string of the molecule is NC(=O)C1CC2(O)NC(=O)NC2N1. The Bertz CT molecular complexity index is 281. The average Bonchev–Trinajstić information content (AvgIpc) is 2.38. The summed E-state index contributed by atoms with van der Waals surface area (Å²) in [7, 11) is 0. The Hall–Kier alpha value is -1.34. The number of nitrogens with two attached hydrogens (primary N) is 1. The lowest BCUT2D eigenvalue weighted by Gasteiger charge is -2.18. The summed E-state index contributed by atoms with van der Waals surface area (Å²) in [4.78, 5) is 21.6. The molecule has 0 spiro atoms. The van der Waals surface area contributed by atoms with E-state index in [0.29, 0.717) is 0 Å². The van der Waals surface area contributed by atoms with Gasteiger partial charge in [-0.25, -0.2) is 4.79 Å². The highest BCUT2D eigenvalue weighted by molar-refractivity contribution is 5.83. The number of primary amides is 1. The summed E-state index contributed by atoms with van der Waals surface area (Å²) >= 11 is 0. The largest absolute Gasteiger partial charge is 0.368 e. The molecule has 2 aliphatic rings. The van der Waals surface area contributed by atoms with Gasteiger partial charge in [-0.2, -0.15) is 0 Å². The third-order valence-corrected chi connectivity index (χ3v) is 2.31. The molecule has 3 unspecified atom stereocenters. The fourth-order valence-corrected chi connectivity index (χ4v) is 1.66. The zero-order chi connectivity index (χ0) is 9.64. The molecule has 6 N–H and O–H groups in total. The molecule has 3 atom stereocenters. The number of nitrogens with one attached hydrogen (secondary N) is 3. The Morgan fingerprint density at radius 1 is 1.69 bits per heavy atom. The van der Waals surface area contributed by atoms with Crippen molar-refractivity contribution >= 4 is 11.9 Å². The highest BCUT2D eigenvalue weighted by Crippen LogP contribution is 2.24. The first-order valence-corrected chi connectivity index (χ1v) is 3.88. The van der Waals surface area contributed by atoms with Gasteiger partial charge < -0.3 is 21.5 Å². The van der Waals surface area contributed by atoms with Crippen molar-refractivity contribution in [2.75, 3.05) is 0 Å². The summed E-state index contributed by atoms with van der Waals surface area (Å²) in [6, 6.07) is -1.06.